The van der Waals surface area contributed by atoms with E-state index in [2.05, 4.69) is 5.32 Å². The van der Waals surface area contributed by atoms with E-state index in [1.54, 1.807) is 0 Å². The molecule has 1 rings (SSSR count). The Balaban J connectivity index is 2.56. The highest BCUT2D eigenvalue weighted by Crippen LogP contribution is 2.19. The Hall–Kier alpha value is -0.650. The van der Waals surface area contributed by atoms with Crippen molar-refractivity contribution >= 4 is 5.91 Å². The van der Waals surface area contributed by atoms with Crippen LogP contribution in [0.2, 0.25) is 0 Å². The number of nitrogens with one attached hydrogen (secondary N) is 1. The minimum atomic E-state index is -0.815. The van der Waals surface area contributed by atoms with Gasteiger partial charge in [0.25, 0.3) is 0 Å². The first kappa shape index (κ1) is 13.4. The van der Waals surface area contributed by atoms with Crippen LogP contribution < -0.4 is 11.1 Å². The summed E-state index contributed by atoms with van der Waals surface area (Å²) in [6.07, 6.45) is 1.62. The van der Waals surface area contributed by atoms with Crippen molar-refractivity contribution in [2.75, 3.05) is 19.8 Å². The molecule has 0 atom stereocenters. The van der Waals surface area contributed by atoms with E-state index >= 15 is 0 Å². The van der Waals surface area contributed by atoms with Crippen molar-refractivity contribution in [1.29, 1.82) is 0 Å². The standard InChI is InChI=1S/C11H22N2O3/c1-10(2,3-6-14)13-9(15)11(12)4-7-16-8-5-11/h14H,3-8,12H2,1-2H3,(H,13,15). The lowest BCUT2D eigenvalue weighted by Gasteiger charge is -2.36. The first-order valence-electron chi connectivity index (χ1n) is 5.70. The molecule has 4 N–H and O–H groups in total. The zero-order chi connectivity index (χ0) is 12.2. The Labute approximate surface area is 96.3 Å². The largest absolute Gasteiger partial charge is 0.396 e. The molecule has 0 radical (unpaired) electrons. The maximum Gasteiger partial charge on any atom is 0.240 e. The molecule has 1 fully saturated rings. The third-order valence-corrected chi connectivity index (χ3v) is 3.03. The minimum Gasteiger partial charge on any atom is -0.396 e. The van der Waals surface area contributed by atoms with Crippen molar-refractivity contribution in [3.8, 4) is 0 Å². The monoisotopic (exact) mass is 230 g/mol. The van der Waals surface area contributed by atoms with E-state index in [0.29, 0.717) is 32.5 Å². The van der Waals surface area contributed by atoms with E-state index in [-0.39, 0.29) is 12.5 Å². The van der Waals surface area contributed by atoms with E-state index in [1.165, 1.54) is 0 Å². The number of carbonyl (C=O) groups is 1. The first-order chi connectivity index (χ1) is 7.40. The Kier molecular flexibility index (Phi) is 4.29. The predicted molar refractivity (Wildman–Crippen MR) is 60.9 cm³/mol. The molecule has 0 aromatic heterocycles. The highest BCUT2D eigenvalue weighted by atomic mass is 16.5. The van der Waals surface area contributed by atoms with Crippen LogP contribution in [0.15, 0.2) is 0 Å². The number of ether oxygens (including phenoxy) is 1. The lowest BCUT2D eigenvalue weighted by molar-refractivity contribution is -0.131. The quantitative estimate of drug-likeness (QED) is 0.623. The van der Waals surface area contributed by atoms with E-state index in [0.717, 1.165) is 0 Å². The number of aliphatic hydroxyl groups excluding tert-OH is 1. The van der Waals surface area contributed by atoms with Crippen LogP contribution in [0.3, 0.4) is 0 Å². The number of amides is 1. The summed E-state index contributed by atoms with van der Waals surface area (Å²) in [6.45, 7) is 4.87. The van der Waals surface area contributed by atoms with Gasteiger partial charge in [0.15, 0.2) is 0 Å². The van der Waals surface area contributed by atoms with Crippen LogP contribution in [-0.2, 0) is 9.53 Å². The third kappa shape index (κ3) is 3.43. The fourth-order valence-electron chi connectivity index (χ4n) is 1.74. The molecule has 1 heterocycles. The molecule has 16 heavy (non-hydrogen) atoms. The van der Waals surface area contributed by atoms with Crippen LogP contribution in [-0.4, -0.2) is 41.9 Å². The van der Waals surface area contributed by atoms with Crippen molar-refractivity contribution in [3.63, 3.8) is 0 Å². The van der Waals surface area contributed by atoms with Crippen LogP contribution in [0.4, 0.5) is 0 Å². The van der Waals surface area contributed by atoms with Gasteiger partial charge in [0.2, 0.25) is 5.91 Å². The molecule has 0 aromatic rings. The minimum absolute atomic E-state index is 0.0496. The van der Waals surface area contributed by atoms with Gasteiger partial charge in [0.05, 0.1) is 5.54 Å². The molecule has 5 heteroatoms. The summed E-state index contributed by atoms with van der Waals surface area (Å²) in [5.41, 5.74) is 4.82. The van der Waals surface area contributed by atoms with Gasteiger partial charge in [-0.15, -0.1) is 0 Å². The fourth-order valence-corrected chi connectivity index (χ4v) is 1.74. The van der Waals surface area contributed by atoms with Crippen molar-refractivity contribution in [1.82, 2.24) is 5.32 Å². The smallest absolute Gasteiger partial charge is 0.240 e. The Morgan fingerprint density at radius 2 is 2.06 bits per heavy atom. The van der Waals surface area contributed by atoms with Gasteiger partial charge in [0.1, 0.15) is 0 Å². The van der Waals surface area contributed by atoms with Crippen LogP contribution in [0.5, 0.6) is 0 Å². The topological polar surface area (TPSA) is 84.6 Å². The van der Waals surface area contributed by atoms with Crippen LogP contribution in [0.25, 0.3) is 0 Å². The van der Waals surface area contributed by atoms with Gasteiger partial charge in [-0.1, -0.05) is 0 Å². The number of rotatable bonds is 4. The lowest BCUT2D eigenvalue weighted by Crippen LogP contribution is -2.61. The highest BCUT2D eigenvalue weighted by molar-refractivity contribution is 5.86. The molecule has 0 spiro atoms. The molecule has 1 aliphatic rings. The summed E-state index contributed by atoms with van der Waals surface area (Å²) >= 11 is 0. The zero-order valence-electron chi connectivity index (χ0n) is 10.1. The van der Waals surface area contributed by atoms with Crippen LogP contribution >= 0.6 is 0 Å². The number of aliphatic hydroxyl groups is 1. The van der Waals surface area contributed by atoms with Gasteiger partial charge < -0.3 is 20.9 Å². The Morgan fingerprint density at radius 1 is 1.50 bits per heavy atom. The molecule has 0 bridgehead atoms. The summed E-state index contributed by atoms with van der Waals surface area (Å²) in [4.78, 5) is 12.0. The van der Waals surface area contributed by atoms with E-state index in [4.69, 9.17) is 15.6 Å². The molecular weight excluding hydrogens is 208 g/mol. The van der Waals surface area contributed by atoms with Gasteiger partial charge in [0, 0.05) is 25.4 Å². The lowest BCUT2D eigenvalue weighted by atomic mass is 9.88. The molecule has 0 aliphatic carbocycles. The summed E-state index contributed by atoms with van der Waals surface area (Å²) in [7, 11) is 0. The third-order valence-electron chi connectivity index (χ3n) is 3.03. The second kappa shape index (κ2) is 5.12. The van der Waals surface area contributed by atoms with E-state index in [1.807, 2.05) is 13.8 Å². The van der Waals surface area contributed by atoms with E-state index in [9.17, 15) is 4.79 Å². The number of carbonyl (C=O) groups excluding carboxylic acids is 1. The van der Waals surface area contributed by atoms with Gasteiger partial charge in [-0.3, -0.25) is 4.79 Å². The Morgan fingerprint density at radius 3 is 2.56 bits per heavy atom. The van der Waals surface area contributed by atoms with Gasteiger partial charge >= 0.3 is 0 Å². The molecule has 0 saturated carbocycles. The maximum atomic E-state index is 12.0. The fraction of sp³-hybridized carbons (Fsp3) is 0.909. The average molecular weight is 230 g/mol. The van der Waals surface area contributed by atoms with Crippen molar-refractivity contribution in [3.05, 3.63) is 0 Å². The molecule has 1 aliphatic heterocycles. The second-order valence-corrected chi connectivity index (χ2v) is 5.08. The average Bonchev–Trinajstić information content (AvgIpc) is 2.17. The number of hydrogen-bond donors (Lipinski definition) is 3. The molecule has 1 amide bonds. The van der Waals surface area contributed by atoms with E-state index < -0.39 is 11.1 Å². The van der Waals surface area contributed by atoms with Crippen molar-refractivity contribution in [2.45, 2.75) is 44.2 Å². The summed E-state index contributed by atoms with van der Waals surface area (Å²) in [5, 5.41) is 11.8. The Bertz CT molecular complexity index is 248. The molecule has 94 valence electrons. The van der Waals surface area contributed by atoms with Gasteiger partial charge in [-0.2, -0.15) is 0 Å². The summed E-state index contributed by atoms with van der Waals surface area (Å²) in [5.74, 6) is -0.144. The number of nitrogens with two attached hydrogens (primary N) is 1. The summed E-state index contributed by atoms with van der Waals surface area (Å²) < 4.78 is 5.19. The second-order valence-electron chi connectivity index (χ2n) is 5.08. The van der Waals surface area contributed by atoms with Gasteiger partial charge in [-0.25, -0.2) is 0 Å². The van der Waals surface area contributed by atoms with Crippen molar-refractivity contribution in [2.24, 2.45) is 5.73 Å². The van der Waals surface area contributed by atoms with Crippen LogP contribution in [0.1, 0.15) is 33.1 Å². The van der Waals surface area contributed by atoms with Crippen molar-refractivity contribution < 1.29 is 14.6 Å². The number of hydrogen-bond acceptors (Lipinski definition) is 4. The van der Waals surface area contributed by atoms with Gasteiger partial charge in [-0.05, 0) is 33.1 Å². The molecular formula is C11H22N2O3. The molecule has 0 aromatic carbocycles. The summed E-state index contributed by atoms with van der Waals surface area (Å²) in [6, 6.07) is 0. The molecule has 1 saturated heterocycles. The zero-order valence-corrected chi connectivity index (χ0v) is 10.1. The predicted octanol–water partition coefficient (Wildman–Crippen LogP) is -0.228. The molecule has 0 unspecified atom stereocenters. The first-order valence-corrected chi connectivity index (χ1v) is 5.70. The highest BCUT2D eigenvalue weighted by Gasteiger charge is 2.38. The van der Waals surface area contributed by atoms with Crippen LogP contribution in [0, 0.1) is 0 Å². The SMILES string of the molecule is CC(C)(CCO)NC(=O)C1(N)CCOCC1. The molecule has 5 nitrogen and oxygen atoms in total. The normalized spacial score (nSPS) is 20.5. The maximum absolute atomic E-state index is 12.0.